The van der Waals surface area contributed by atoms with E-state index in [9.17, 15) is 0 Å². The van der Waals surface area contributed by atoms with Gasteiger partial charge in [0, 0.05) is 26.7 Å². The Hall–Kier alpha value is -1.30. The molecule has 0 aliphatic rings. The second kappa shape index (κ2) is 5.60. The fourth-order valence-corrected chi connectivity index (χ4v) is 3.43. The third kappa shape index (κ3) is 2.49. The monoisotopic (exact) mass is 391 g/mol. The molecule has 0 bridgehead atoms. The molecule has 0 saturated heterocycles. The van der Waals surface area contributed by atoms with Crippen molar-refractivity contribution in [2.45, 2.75) is 6.04 Å². The van der Waals surface area contributed by atoms with Gasteiger partial charge in [0.2, 0.25) is 0 Å². The molecule has 1 atom stereocenters. The van der Waals surface area contributed by atoms with Crippen LogP contribution in [0.25, 0.3) is 10.9 Å². The van der Waals surface area contributed by atoms with Crippen molar-refractivity contribution in [1.29, 1.82) is 0 Å². The molecule has 100 valence electrons. The van der Waals surface area contributed by atoms with Gasteiger partial charge in [0.1, 0.15) is 0 Å². The van der Waals surface area contributed by atoms with Crippen LogP contribution in [0.3, 0.4) is 0 Å². The van der Waals surface area contributed by atoms with Crippen molar-refractivity contribution in [3.05, 3.63) is 69.0 Å². The lowest BCUT2D eigenvalue weighted by Gasteiger charge is -2.15. The van der Waals surface area contributed by atoms with E-state index in [1.165, 1.54) is 0 Å². The first-order valence-corrected chi connectivity index (χ1v) is 7.65. The number of pyridine rings is 2. The highest BCUT2D eigenvalue weighted by Gasteiger charge is 2.16. The molecule has 0 saturated carbocycles. The standard InChI is InChI=1S/C15H11Br2N3/c16-9-7-12(17)15(20-8-9)14(18)11-3-1-5-13-10(11)4-2-6-19-13/h1-8,14H,18H2. The highest BCUT2D eigenvalue weighted by atomic mass is 79.9. The van der Waals surface area contributed by atoms with Crippen LogP contribution in [0, 0.1) is 0 Å². The molecule has 5 heteroatoms. The van der Waals surface area contributed by atoms with Gasteiger partial charge in [-0.25, -0.2) is 0 Å². The average Bonchev–Trinajstić information content (AvgIpc) is 2.46. The Morgan fingerprint density at radius 2 is 1.90 bits per heavy atom. The summed E-state index contributed by atoms with van der Waals surface area (Å²) in [7, 11) is 0. The van der Waals surface area contributed by atoms with Crippen molar-refractivity contribution in [2.75, 3.05) is 0 Å². The molecule has 20 heavy (non-hydrogen) atoms. The predicted molar refractivity (Wildman–Crippen MR) is 87.4 cm³/mol. The van der Waals surface area contributed by atoms with Crippen molar-refractivity contribution in [3.8, 4) is 0 Å². The molecule has 2 N–H and O–H groups in total. The first-order valence-electron chi connectivity index (χ1n) is 6.07. The van der Waals surface area contributed by atoms with E-state index in [4.69, 9.17) is 5.73 Å². The van der Waals surface area contributed by atoms with E-state index in [-0.39, 0.29) is 6.04 Å². The van der Waals surface area contributed by atoms with Crippen molar-refractivity contribution >= 4 is 42.8 Å². The highest BCUT2D eigenvalue weighted by molar-refractivity contribution is 9.11. The summed E-state index contributed by atoms with van der Waals surface area (Å²) < 4.78 is 1.81. The number of fused-ring (bicyclic) bond motifs is 1. The molecular formula is C15H11Br2N3. The van der Waals surface area contributed by atoms with Gasteiger partial charge in [0.15, 0.2) is 0 Å². The molecule has 3 aromatic rings. The lowest BCUT2D eigenvalue weighted by molar-refractivity contribution is 0.828. The number of nitrogens with two attached hydrogens (primary N) is 1. The molecule has 0 radical (unpaired) electrons. The molecule has 0 spiro atoms. The Labute approximate surface area is 133 Å². The van der Waals surface area contributed by atoms with Crippen molar-refractivity contribution < 1.29 is 0 Å². The predicted octanol–water partition coefficient (Wildman–Crippen LogP) is 4.20. The zero-order chi connectivity index (χ0) is 14.1. The Balaban J connectivity index is 2.15. The summed E-state index contributed by atoms with van der Waals surface area (Å²) in [6.07, 6.45) is 3.54. The largest absolute Gasteiger partial charge is 0.319 e. The Morgan fingerprint density at radius 1 is 1.05 bits per heavy atom. The quantitative estimate of drug-likeness (QED) is 0.710. The number of hydrogen-bond donors (Lipinski definition) is 1. The number of hydrogen-bond acceptors (Lipinski definition) is 3. The third-order valence-electron chi connectivity index (χ3n) is 3.15. The minimum absolute atomic E-state index is 0.301. The van der Waals surface area contributed by atoms with Gasteiger partial charge in [-0.1, -0.05) is 18.2 Å². The number of aromatic nitrogens is 2. The van der Waals surface area contributed by atoms with Crippen LogP contribution in [0.2, 0.25) is 0 Å². The van der Waals surface area contributed by atoms with E-state index < -0.39 is 0 Å². The van der Waals surface area contributed by atoms with Crippen LogP contribution in [0.4, 0.5) is 0 Å². The maximum Gasteiger partial charge on any atom is 0.0759 e. The zero-order valence-electron chi connectivity index (χ0n) is 10.4. The summed E-state index contributed by atoms with van der Waals surface area (Å²) in [6, 6.07) is 11.6. The first-order chi connectivity index (χ1) is 9.66. The van der Waals surface area contributed by atoms with Crippen LogP contribution in [0.1, 0.15) is 17.3 Å². The van der Waals surface area contributed by atoms with E-state index in [0.717, 1.165) is 31.1 Å². The van der Waals surface area contributed by atoms with Crippen LogP contribution >= 0.6 is 31.9 Å². The van der Waals surface area contributed by atoms with E-state index >= 15 is 0 Å². The minimum Gasteiger partial charge on any atom is -0.319 e. The maximum atomic E-state index is 6.40. The number of rotatable bonds is 2. The van der Waals surface area contributed by atoms with E-state index in [1.54, 1.807) is 12.4 Å². The second-order valence-electron chi connectivity index (χ2n) is 4.42. The summed E-state index contributed by atoms with van der Waals surface area (Å²) in [6.45, 7) is 0. The fourth-order valence-electron chi connectivity index (χ4n) is 2.20. The molecule has 0 aliphatic heterocycles. The van der Waals surface area contributed by atoms with Gasteiger partial charge in [0.05, 0.1) is 17.3 Å². The zero-order valence-corrected chi connectivity index (χ0v) is 13.6. The Bertz CT molecular complexity index is 769. The molecule has 3 nitrogen and oxygen atoms in total. The van der Waals surface area contributed by atoms with E-state index in [0.29, 0.717) is 0 Å². The Kier molecular flexibility index (Phi) is 3.83. The van der Waals surface area contributed by atoms with E-state index in [2.05, 4.69) is 41.8 Å². The smallest absolute Gasteiger partial charge is 0.0759 e. The average molecular weight is 393 g/mol. The van der Waals surface area contributed by atoms with Gasteiger partial charge in [-0.05, 0) is 55.6 Å². The number of benzene rings is 1. The van der Waals surface area contributed by atoms with Gasteiger partial charge < -0.3 is 5.73 Å². The van der Waals surface area contributed by atoms with Gasteiger partial charge in [-0.15, -0.1) is 0 Å². The lowest BCUT2D eigenvalue weighted by atomic mass is 9.99. The van der Waals surface area contributed by atoms with Crippen LogP contribution in [-0.2, 0) is 0 Å². The fraction of sp³-hybridized carbons (Fsp3) is 0.0667. The SMILES string of the molecule is NC(c1ncc(Br)cc1Br)c1cccc2ncccc12. The lowest BCUT2D eigenvalue weighted by Crippen LogP contribution is -2.14. The number of nitrogens with zero attached hydrogens (tertiary/aromatic N) is 2. The van der Waals surface area contributed by atoms with Gasteiger partial charge in [0.25, 0.3) is 0 Å². The number of halogens is 2. The Morgan fingerprint density at radius 3 is 2.70 bits per heavy atom. The summed E-state index contributed by atoms with van der Waals surface area (Å²) in [5.41, 5.74) is 9.17. The van der Waals surface area contributed by atoms with Gasteiger partial charge in [-0.2, -0.15) is 0 Å². The molecule has 0 amide bonds. The van der Waals surface area contributed by atoms with Gasteiger partial charge in [-0.3, -0.25) is 9.97 Å². The molecule has 2 aromatic heterocycles. The maximum absolute atomic E-state index is 6.40. The van der Waals surface area contributed by atoms with Crippen LogP contribution in [0.15, 0.2) is 57.7 Å². The second-order valence-corrected chi connectivity index (χ2v) is 6.19. The van der Waals surface area contributed by atoms with Crippen LogP contribution in [0.5, 0.6) is 0 Å². The summed E-state index contributed by atoms with van der Waals surface area (Å²) >= 11 is 6.92. The van der Waals surface area contributed by atoms with Crippen molar-refractivity contribution in [1.82, 2.24) is 9.97 Å². The van der Waals surface area contributed by atoms with Crippen LogP contribution in [-0.4, -0.2) is 9.97 Å². The first kappa shape index (κ1) is 13.7. The molecule has 0 aliphatic carbocycles. The highest BCUT2D eigenvalue weighted by Crippen LogP contribution is 2.30. The topological polar surface area (TPSA) is 51.8 Å². The van der Waals surface area contributed by atoms with Crippen molar-refractivity contribution in [2.24, 2.45) is 5.73 Å². The van der Waals surface area contributed by atoms with Crippen molar-refractivity contribution in [3.63, 3.8) is 0 Å². The molecule has 1 unspecified atom stereocenters. The summed E-state index contributed by atoms with van der Waals surface area (Å²) in [4.78, 5) is 8.78. The molecule has 1 aromatic carbocycles. The third-order valence-corrected chi connectivity index (χ3v) is 4.21. The van der Waals surface area contributed by atoms with Crippen LogP contribution < -0.4 is 5.73 Å². The molecule has 0 fully saturated rings. The molecule has 3 rings (SSSR count). The normalized spacial score (nSPS) is 12.6. The molecule has 2 heterocycles. The minimum atomic E-state index is -0.301. The van der Waals surface area contributed by atoms with E-state index in [1.807, 2.05) is 36.4 Å². The summed E-state index contributed by atoms with van der Waals surface area (Å²) in [5.74, 6) is 0. The molecular weight excluding hydrogens is 382 g/mol. The van der Waals surface area contributed by atoms with Gasteiger partial charge >= 0.3 is 0 Å². The summed E-state index contributed by atoms with van der Waals surface area (Å²) in [5, 5.41) is 1.05.